The maximum Gasteiger partial charge on any atom is 0.261 e. The van der Waals surface area contributed by atoms with Gasteiger partial charge in [0.1, 0.15) is 5.15 Å². The van der Waals surface area contributed by atoms with Gasteiger partial charge in [-0.3, -0.25) is 0 Å². The van der Waals surface area contributed by atoms with Gasteiger partial charge >= 0.3 is 0 Å². The van der Waals surface area contributed by atoms with Crippen LogP contribution in [0.3, 0.4) is 0 Å². The number of aromatic nitrogens is 2. The van der Waals surface area contributed by atoms with Crippen LogP contribution in [0.5, 0.6) is 0 Å². The monoisotopic (exact) mass is 291 g/mol. The molecule has 0 radical (unpaired) electrons. The number of sulfonamides is 1. The van der Waals surface area contributed by atoms with E-state index in [0.29, 0.717) is 0 Å². The summed E-state index contributed by atoms with van der Waals surface area (Å²) >= 11 is 5.92. The molecular weight excluding hydrogens is 274 g/mol. The van der Waals surface area contributed by atoms with Gasteiger partial charge in [-0.15, -0.1) is 0 Å². The molecule has 18 heavy (non-hydrogen) atoms. The normalized spacial score (nSPS) is 23.4. The van der Waals surface area contributed by atoms with Crippen molar-refractivity contribution in [3.63, 3.8) is 0 Å². The van der Waals surface area contributed by atoms with Crippen molar-refractivity contribution in [3.05, 3.63) is 11.5 Å². The molecule has 1 aliphatic rings. The van der Waals surface area contributed by atoms with Gasteiger partial charge in [0.2, 0.25) is 5.03 Å². The highest BCUT2D eigenvalue weighted by Crippen LogP contribution is 2.37. The maximum absolute atomic E-state index is 12.2. The van der Waals surface area contributed by atoms with Crippen molar-refractivity contribution in [1.29, 1.82) is 0 Å². The van der Waals surface area contributed by atoms with Gasteiger partial charge in [-0.1, -0.05) is 25.4 Å². The lowest BCUT2D eigenvalue weighted by molar-refractivity contribution is 0.372. The van der Waals surface area contributed by atoms with E-state index in [1.54, 1.807) is 7.05 Å². The van der Waals surface area contributed by atoms with Crippen LogP contribution in [0.25, 0.3) is 0 Å². The molecule has 2 rings (SSSR count). The SMILES string of the molecule is Cn1cnc(S(=O)(=O)NC2CCC(C)(C)C2)c1Cl. The fourth-order valence-electron chi connectivity index (χ4n) is 2.39. The minimum absolute atomic E-state index is 0.0249. The van der Waals surface area contributed by atoms with Crippen LogP contribution in [0, 0.1) is 5.41 Å². The molecule has 1 saturated carbocycles. The zero-order valence-corrected chi connectivity index (χ0v) is 12.3. The van der Waals surface area contributed by atoms with Gasteiger partial charge in [0.25, 0.3) is 10.0 Å². The zero-order chi connectivity index (χ0) is 13.6. The summed E-state index contributed by atoms with van der Waals surface area (Å²) in [5.74, 6) is 0. The summed E-state index contributed by atoms with van der Waals surface area (Å²) in [6.07, 6.45) is 4.12. The molecule has 102 valence electrons. The summed E-state index contributed by atoms with van der Waals surface area (Å²) in [6, 6.07) is -0.0249. The fourth-order valence-corrected chi connectivity index (χ4v) is 4.09. The summed E-state index contributed by atoms with van der Waals surface area (Å²) in [6.45, 7) is 4.30. The van der Waals surface area contributed by atoms with Crippen molar-refractivity contribution in [2.45, 2.75) is 44.2 Å². The Morgan fingerprint density at radius 3 is 2.67 bits per heavy atom. The molecule has 1 fully saturated rings. The molecule has 1 unspecified atom stereocenters. The quantitative estimate of drug-likeness (QED) is 0.925. The van der Waals surface area contributed by atoms with Gasteiger partial charge in [0.05, 0.1) is 6.33 Å². The predicted octanol–water partition coefficient (Wildman–Crippen LogP) is 1.93. The number of imidazole rings is 1. The Labute approximate surface area is 113 Å². The first-order chi connectivity index (χ1) is 8.21. The summed E-state index contributed by atoms with van der Waals surface area (Å²) in [7, 11) is -1.96. The molecular formula is C11H18ClN3O2S. The van der Waals surface area contributed by atoms with Crippen LogP contribution in [-0.2, 0) is 17.1 Å². The van der Waals surface area contributed by atoms with Gasteiger partial charge in [0.15, 0.2) is 0 Å². The molecule has 1 aromatic rings. The van der Waals surface area contributed by atoms with E-state index < -0.39 is 10.0 Å². The first-order valence-electron chi connectivity index (χ1n) is 5.90. The van der Waals surface area contributed by atoms with E-state index in [9.17, 15) is 8.42 Å². The Bertz CT molecular complexity index is 551. The van der Waals surface area contributed by atoms with Gasteiger partial charge in [-0.05, 0) is 24.7 Å². The minimum atomic E-state index is -3.62. The molecule has 0 bridgehead atoms. The largest absolute Gasteiger partial charge is 0.324 e. The van der Waals surface area contributed by atoms with E-state index in [2.05, 4.69) is 23.6 Å². The van der Waals surface area contributed by atoms with Crippen LogP contribution in [0.15, 0.2) is 11.4 Å². The highest BCUT2D eigenvalue weighted by molar-refractivity contribution is 7.89. The minimum Gasteiger partial charge on any atom is -0.324 e. The van der Waals surface area contributed by atoms with Crippen LogP contribution >= 0.6 is 11.6 Å². The van der Waals surface area contributed by atoms with Crippen molar-refractivity contribution >= 4 is 21.6 Å². The Balaban J connectivity index is 2.16. The smallest absolute Gasteiger partial charge is 0.261 e. The number of aryl methyl sites for hydroxylation is 1. The van der Waals surface area contributed by atoms with E-state index >= 15 is 0 Å². The average Bonchev–Trinajstić information content (AvgIpc) is 2.71. The number of rotatable bonds is 3. The molecule has 1 N–H and O–H groups in total. The predicted molar refractivity (Wildman–Crippen MR) is 70.0 cm³/mol. The molecule has 0 aromatic carbocycles. The maximum atomic E-state index is 12.2. The Kier molecular flexibility index (Phi) is 3.46. The van der Waals surface area contributed by atoms with Crippen LogP contribution in [-0.4, -0.2) is 24.0 Å². The zero-order valence-electron chi connectivity index (χ0n) is 10.8. The van der Waals surface area contributed by atoms with Crippen molar-refractivity contribution < 1.29 is 8.42 Å². The Morgan fingerprint density at radius 2 is 2.22 bits per heavy atom. The highest BCUT2D eigenvalue weighted by atomic mass is 35.5. The highest BCUT2D eigenvalue weighted by Gasteiger charge is 2.34. The van der Waals surface area contributed by atoms with E-state index in [4.69, 9.17) is 11.6 Å². The Hall–Kier alpha value is -0.590. The molecule has 1 aromatic heterocycles. The summed E-state index contributed by atoms with van der Waals surface area (Å²) in [4.78, 5) is 3.85. The van der Waals surface area contributed by atoms with Gasteiger partial charge in [0, 0.05) is 13.1 Å². The number of halogens is 1. The van der Waals surface area contributed by atoms with Crippen molar-refractivity contribution in [3.8, 4) is 0 Å². The number of nitrogens with zero attached hydrogens (tertiary/aromatic N) is 2. The molecule has 1 heterocycles. The van der Waals surface area contributed by atoms with Crippen LogP contribution in [0.1, 0.15) is 33.1 Å². The molecule has 7 heteroatoms. The third kappa shape index (κ3) is 2.70. The first-order valence-corrected chi connectivity index (χ1v) is 7.76. The second-order valence-corrected chi connectivity index (χ2v) is 7.66. The van der Waals surface area contributed by atoms with Gasteiger partial charge < -0.3 is 4.57 Å². The van der Waals surface area contributed by atoms with Crippen LogP contribution in [0.4, 0.5) is 0 Å². The number of hydrogen-bond donors (Lipinski definition) is 1. The van der Waals surface area contributed by atoms with Crippen molar-refractivity contribution in [2.24, 2.45) is 12.5 Å². The lowest BCUT2D eigenvalue weighted by Crippen LogP contribution is -2.34. The van der Waals surface area contributed by atoms with E-state index in [1.165, 1.54) is 10.9 Å². The second kappa shape index (κ2) is 4.51. The fraction of sp³-hybridized carbons (Fsp3) is 0.727. The molecule has 0 spiro atoms. The summed E-state index contributed by atoms with van der Waals surface area (Å²) in [5.41, 5.74) is 0.196. The van der Waals surface area contributed by atoms with E-state index in [0.717, 1.165) is 19.3 Å². The van der Waals surface area contributed by atoms with Crippen LogP contribution in [0.2, 0.25) is 5.15 Å². The third-order valence-electron chi connectivity index (χ3n) is 3.38. The molecule has 1 atom stereocenters. The van der Waals surface area contributed by atoms with E-state index in [1.807, 2.05) is 0 Å². The second-order valence-electron chi connectivity index (χ2n) is 5.68. The topological polar surface area (TPSA) is 64.0 Å². The first kappa shape index (κ1) is 13.8. The molecule has 0 aliphatic heterocycles. The Morgan fingerprint density at radius 1 is 1.56 bits per heavy atom. The third-order valence-corrected chi connectivity index (χ3v) is 5.39. The van der Waals surface area contributed by atoms with Crippen molar-refractivity contribution in [1.82, 2.24) is 14.3 Å². The average molecular weight is 292 g/mol. The lowest BCUT2D eigenvalue weighted by Gasteiger charge is -2.17. The van der Waals surface area contributed by atoms with Gasteiger partial charge in [-0.25, -0.2) is 18.1 Å². The summed E-state index contributed by atoms with van der Waals surface area (Å²) < 4.78 is 28.5. The standard InChI is InChI=1S/C11H18ClN3O2S/c1-11(2)5-4-8(6-11)14-18(16,17)10-9(12)15(3)7-13-10/h7-8,14H,4-6H2,1-3H3. The molecule has 1 aliphatic carbocycles. The summed E-state index contributed by atoms with van der Waals surface area (Å²) in [5, 5.41) is 0.0520. The van der Waals surface area contributed by atoms with E-state index in [-0.39, 0.29) is 21.6 Å². The van der Waals surface area contributed by atoms with Gasteiger partial charge in [-0.2, -0.15) is 0 Å². The molecule has 5 nitrogen and oxygen atoms in total. The number of nitrogens with one attached hydrogen (secondary N) is 1. The molecule has 0 amide bonds. The van der Waals surface area contributed by atoms with Crippen molar-refractivity contribution in [2.75, 3.05) is 0 Å². The molecule has 0 saturated heterocycles. The van der Waals surface area contributed by atoms with Crippen LogP contribution < -0.4 is 4.72 Å². The number of hydrogen-bond acceptors (Lipinski definition) is 3. The lowest BCUT2D eigenvalue weighted by atomic mass is 9.92.